The van der Waals surface area contributed by atoms with Gasteiger partial charge in [-0.25, -0.2) is 13.8 Å². The molecule has 34 heavy (non-hydrogen) atoms. The molecule has 180 valence electrons. The van der Waals surface area contributed by atoms with Crippen molar-refractivity contribution in [1.29, 1.82) is 0 Å². The number of anilines is 1. The number of rotatable bonds is 5. The number of phosphoric acid groups is 1. The van der Waals surface area contributed by atoms with E-state index in [4.69, 9.17) is 24.0 Å². The SMILES string of the molecule is C=Cn1nnc(-c2ccc(-c3ccc(N4C[C@@H](C(C)O)OC4=O)cc3F)cn2)n1.O=P(O)(O)O. The van der Waals surface area contributed by atoms with Crippen molar-refractivity contribution in [3.8, 4) is 22.6 Å². The van der Waals surface area contributed by atoms with E-state index in [0.717, 1.165) is 0 Å². The first kappa shape index (κ1) is 25.1. The third-order valence-corrected chi connectivity index (χ3v) is 4.53. The molecule has 0 aliphatic carbocycles. The Morgan fingerprint density at radius 2 is 2.00 bits per heavy atom. The van der Waals surface area contributed by atoms with Gasteiger partial charge in [0.25, 0.3) is 0 Å². The van der Waals surface area contributed by atoms with Gasteiger partial charge in [0.05, 0.1) is 18.3 Å². The summed E-state index contributed by atoms with van der Waals surface area (Å²) in [6.45, 7) is 5.24. The number of carbonyl (C=O) groups excluding carboxylic acids is 1. The molecule has 0 bridgehead atoms. The number of tetrazole rings is 1. The van der Waals surface area contributed by atoms with Crippen molar-refractivity contribution in [3.63, 3.8) is 0 Å². The first-order chi connectivity index (χ1) is 16.0. The average molecular weight is 494 g/mol. The Hall–Kier alpha value is -3.55. The van der Waals surface area contributed by atoms with E-state index in [0.29, 0.717) is 28.3 Å². The van der Waals surface area contributed by atoms with Gasteiger partial charge >= 0.3 is 13.9 Å². The summed E-state index contributed by atoms with van der Waals surface area (Å²) in [5, 5.41) is 21.3. The summed E-state index contributed by atoms with van der Waals surface area (Å²) in [4.78, 5) is 40.3. The second-order valence-corrected chi connectivity index (χ2v) is 8.03. The zero-order chi connectivity index (χ0) is 25.0. The molecule has 0 saturated carbocycles. The Morgan fingerprint density at radius 1 is 1.29 bits per heavy atom. The molecule has 1 fully saturated rings. The lowest BCUT2D eigenvalue weighted by molar-refractivity contribution is 0.0437. The molecule has 3 aromatic rings. The van der Waals surface area contributed by atoms with Crippen LogP contribution in [0.4, 0.5) is 14.9 Å². The van der Waals surface area contributed by atoms with Gasteiger partial charge in [-0.2, -0.15) is 0 Å². The fourth-order valence-electron chi connectivity index (χ4n) is 2.94. The van der Waals surface area contributed by atoms with E-state index in [-0.39, 0.29) is 6.54 Å². The number of ether oxygens (including phenoxy) is 1. The van der Waals surface area contributed by atoms with Gasteiger partial charge in [0.15, 0.2) is 0 Å². The summed E-state index contributed by atoms with van der Waals surface area (Å²) in [7, 11) is -4.64. The van der Waals surface area contributed by atoms with Crippen LogP contribution in [0.2, 0.25) is 0 Å². The number of aliphatic hydroxyl groups excluding tert-OH is 1. The first-order valence-corrected chi connectivity index (χ1v) is 11.2. The third-order valence-electron chi connectivity index (χ3n) is 4.53. The molecule has 13 nitrogen and oxygen atoms in total. The summed E-state index contributed by atoms with van der Waals surface area (Å²) in [5.74, 6) is -0.187. The van der Waals surface area contributed by atoms with Crippen molar-refractivity contribution < 1.29 is 38.3 Å². The highest BCUT2D eigenvalue weighted by molar-refractivity contribution is 7.45. The number of pyridine rings is 1. The number of hydrogen-bond acceptors (Lipinski definition) is 8. The number of benzene rings is 1. The molecule has 15 heteroatoms. The Labute approximate surface area is 192 Å². The Morgan fingerprint density at radius 3 is 2.50 bits per heavy atom. The van der Waals surface area contributed by atoms with Gasteiger partial charge in [0, 0.05) is 23.5 Å². The maximum atomic E-state index is 14.7. The largest absolute Gasteiger partial charge is 0.466 e. The smallest absolute Gasteiger partial charge is 0.441 e. The molecule has 1 aliphatic heterocycles. The molecule has 4 rings (SSSR count). The van der Waals surface area contributed by atoms with Crippen LogP contribution in [0.15, 0.2) is 43.1 Å². The van der Waals surface area contributed by atoms with Crippen LogP contribution in [-0.2, 0) is 9.30 Å². The minimum atomic E-state index is -4.64. The molecule has 2 atom stereocenters. The fourth-order valence-corrected chi connectivity index (χ4v) is 2.94. The molecule has 1 aromatic carbocycles. The van der Waals surface area contributed by atoms with E-state index >= 15 is 0 Å². The van der Waals surface area contributed by atoms with Gasteiger partial charge in [-0.15, -0.1) is 15.0 Å². The summed E-state index contributed by atoms with van der Waals surface area (Å²) in [6, 6.07) is 7.80. The second kappa shape index (κ2) is 10.2. The molecular weight excluding hydrogens is 474 g/mol. The number of aromatic nitrogens is 5. The van der Waals surface area contributed by atoms with Crippen LogP contribution < -0.4 is 4.90 Å². The minimum Gasteiger partial charge on any atom is -0.441 e. The van der Waals surface area contributed by atoms with Crippen LogP contribution in [0.25, 0.3) is 28.8 Å². The van der Waals surface area contributed by atoms with Gasteiger partial charge < -0.3 is 24.5 Å². The predicted molar refractivity (Wildman–Crippen MR) is 116 cm³/mol. The third kappa shape index (κ3) is 6.27. The first-order valence-electron chi connectivity index (χ1n) is 9.59. The number of amides is 1. The highest BCUT2D eigenvalue weighted by Crippen LogP contribution is 2.30. The summed E-state index contributed by atoms with van der Waals surface area (Å²) in [6.07, 6.45) is 0.848. The number of halogens is 1. The molecule has 0 radical (unpaired) electrons. The quantitative estimate of drug-likeness (QED) is 0.376. The second-order valence-electron chi connectivity index (χ2n) is 7.00. The van der Waals surface area contributed by atoms with Crippen molar-refractivity contribution in [2.75, 3.05) is 11.4 Å². The molecule has 1 amide bonds. The van der Waals surface area contributed by atoms with Crippen LogP contribution in [0, 0.1) is 5.82 Å². The lowest BCUT2D eigenvalue weighted by atomic mass is 10.1. The summed E-state index contributed by atoms with van der Waals surface area (Å²) in [5.41, 5.74) is 1.73. The highest BCUT2D eigenvalue weighted by Gasteiger charge is 2.35. The van der Waals surface area contributed by atoms with Gasteiger partial charge in [-0.3, -0.25) is 9.88 Å². The topological polar surface area (TPSA) is 184 Å². The number of nitrogens with zero attached hydrogens (tertiary/aromatic N) is 6. The lowest BCUT2D eigenvalue weighted by Crippen LogP contribution is -2.29. The molecule has 3 heterocycles. The molecular formula is C19H20FN6O7P. The van der Waals surface area contributed by atoms with Crippen LogP contribution in [-0.4, -0.2) is 69.8 Å². The van der Waals surface area contributed by atoms with Crippen molar-refractivity contribution in [2.45, 2.75) is 19.1 Å². The molecule has 4 N–H and O–H groups in total. The van der Waals surface area contributed by atoms with E-state index in [1.807, 2.05) is 0 Å². The lowest BCUT2D eigenvalue weighted by Gasteiger charge is -2.15. The van der Waals surface area contributed by atoms with Crippen LogP contribution in [0.5, 0.6) is 0 Å². The Bertz CT molecular complexity index is 1220. The summed E-state index contributed by atoms with van der Waals surface area (Å²) < 4.78 is 28.7. The fraction of sp³-hybridized carbons (Fsp3) is 0.211. The van der Waals surface area contributed by atoms with E-state index in [2.05, 4.69) is 27.0 Å². The van der Waals surface area contributed by atoms with Crippen LogP contribution >= 0.6 is 7.82 Å². The Kier molecular flexibility index (Phi) is 7.49. The maximum Gasteiger partial charge on any atom is 0.466 e. The molecule has 0 spiro atoms. The van der Waals surface area contributed by atoms with Crippen LogP contribution in [0.3, 0.4) is 0 Å². The van der Waals surface area contributed by atoms with Gasteiger partial charge in [-0.05, 0) is 36.4 Å². The predicted octanol–water partition coefficient (Wildman–Crippen LogP) is 1.42. The standard InChI is InChI=1S/C19H17FN6O3.H3O4P/c1-3-26-23-18(22-24-26)16-7-4-12(9-21-16)14-6-5-13(8-15(14)20)25-10-17(11(2)27)29-19(25)28;1-5(2,3)4/h3-9,11,17,27H,1,10H2,2H3;(H3,1,2,3,4)/t11?,17-;/m0./s1. The van der Waals surface area contributed by atoms with Gasteiger partial charge in [-0.1, -0.05) is 12.6 Å². The monoisotopic (exact) mass is 494 g/mol. The average Bonchev–Trinajstić information content (AvgIpc) is 3.39. The van der Waals surface area contributed by atoms with E-state index in [9.17, 15) is 14.3 Å². The number of carbonyl (C=O) groups is 1. The van der Waals surface area contributed by atoms with E-state index < -0.39 is 31.9 Å². The van der Waals surface area contributed by atoms with Crippen LogP contribution in [0.1, 0.15) is 6.92 Å². The van der Waals surface area contributed by atoms with E-state index in [1.54, 1.807) is 24.3 Å². The highest BCUT2D eigenvalue weighted by atomic mass is 31.2. The normalized spacial score (nSPS) is 16.5. The van der Waals surface area contributed by atoms with Crippen molar-refractivity contribution in [2.24, 2.45) is 0 Å². The van der Waals surface area contributed by atoms with E-state index in [1.165, 1.54) is 35.1 Å². The molecule has 2 aromatic heterocycles. The van der Waals surface area contributed by atoms with Gasteiger partial charge in [0.1, 0.15) is 17.6 Å². The number of hydrogen-bond donors (Lipinski definition) is 4. The van der Waals surface area contributed by atoms with Gasteiger partial charge in [0.2, 0.25) is 5.82 Å². The maximum absolute atomic E-state index is 14.7. The van der Waals surface area contributed by atoms with Crippen molar-refractivity contribution in [3.05, 3.63) is 48.9 Å². The van der Waals surface area contributed by atoms with Crippen molar-refractivity contribution in [1.82, 2.24) is 25.2 Å². The zero-order valence-corrected chi connectivity index (χ0v) is 18.5. The molecule has 1 aliphatic rings. The van der Waals surface area contributed by atoms with Crippen molar-refractivity contribution >= 4 is 25.8 Å². The Balaban J connectivity index is 0.000000588. The summed E-state index contributed by atoms with van der Waals surface area (Å²) >= 11 is 0. The zero-order valence-electron chi connectivity index (χ0n) is 17.6. The molecule has 1 saturated heterocycles. The number of cyclic esters (lactones) is 1. The minimum absolute atomic E-state index is 0.157. The number of aliphatic hydroxyl groups is 1. The molecule has 1 unspecified atom stereocenters.